The first-order chi connectivity index (χ1) is 6.77. The third kappa shape index (κ3) is 1.82. The van der Waals surface area contributed by atoms with Crippen LogP contribution in [-0.4, -0.2) is 4.98 Å². The molecular formula is C11H11BrN2. The summed E-state index contributed by atoms with van der Waals surface area (Å²) in [6.45, 7) is 0. The lowest BCUT2D eigenvalue weighted by atomic mass is 10.1. The van der Waals surface area contributed by atoms with Crippen molar-refractivity contribution in [2.75, 3.05) is 5.73 Å². The van der Waals surface area contributed by atoms with Crippen LogP contribution in [0.2, 0.25) is 0 Å². The van der Waals surface area contributed by atoms with Crippen LogP contribution < -0.4 is 5.73 Å². The van der Waals surface area contributed by atoms with E-state index in [0.29, 0.717) is 0 Å². The highest BCUT2D eigenvalue weighted by Gasteiger charge is 2.06. The second-order valence-electron chi connectivity index (χ2n) is 3.19. The van der Waals surface area contributed by atoms with Gasteiger partial charge in [-0.25, -0.2) is 0 Å². The normalized spacial score (nSPS) is 10.4. The highest BCUT2D eigenvalue weighted by atomic mass is 79.9. The number of nitrogen functional groups attached to an aromatic ring is 1. The standard InChI is InChI=1S/C11H11BrN2/c12-10-7-14-11(13)9(10)6-8-4-2-1-3-5-8/h1-5,7,14H,6,13H2. The van der Waals surface area contributed by atoms with Crippen molar-refractivity contribution in [1.82, 2.24) is 4.98 Å². The molecule has 3 N–H and O–H groups in total. The van der Waals surface area contributed by atoms with E-state index in [-0.39, 0.29) is 0 Å². The lowest BCUT2D eigenvalue weighted by Crippen LogP contribution is -1.93. The maximum absolute atomic E-state index is 5.80. The van der Waals surface area contributed by atoms with Crippen LogP contribution in [0.3, 0.4) is 0 Å². The molecule has 2 rings (SSSR count). The predicted molar refractivity (Wildman–Crippen MR) is 62.2 cm³/mol. The maximum Gasteiger partial charge on any atom is 0.105 e. The summed E-state index contributed by atoms with van der Waals surface area (Å²) in [5.74, 6) is 0.737. The number of anilines is 1. The number of hydrogen-bond acceptors (Lipinski definition) is 1. The SMILES string of the molecule is Nc1[nH]cc(Br)c1Cc1ccccc1. The Kier molecular flexibility index (Phi) is 2.59. The zero-order valence-corrected chi connectivity index (χ0v) is 9.21. The molecule has 1 aromatic heterocycles. The van der Waals surface area contributed by atoms with Gasteiger partial charge in [0.1, 0.15) is 5.82 Å². The first-order valence-corrected chi connectivity index (χ1v) is 5.22. The smallest absolute Gasteiger partial charge is 0.105 e. The van der Waals surface area contributed by atoms with Crippen molar-refractivity contribution < 1.29 is 0 Å². The Balaban J connectivity index is 2.27. The molecule has 0 unspecified atom stereocenters. The fraction of sp³-hybridized carbons (Fsp3) is 0.0909. The van der Waals surface area contributed by atoms with Gasteiger partial charge in [0.05, 0.1) is 0 Å². The Bertz CT molecular complexity index is 401. The molecule has 0 spiro atoms. The van der Waals surface area contributed by atoms with Gasteiger partial charge in [-0.1, -0.05) is 30.3 Å². The molecule has 3 heteroatoms. The van der Waals surface area contributed by atoms with Crippen molar-refractivity contribution in [3.05, 3.63) is 52.1 Å². The monoisotopic (exact) mass is 250 g/mol. The quantitative estimate of drug-likeness (QED) is 0.846. The molecule has 1 aromatic carbocycles. The lowest BCUT2D eigenvalue weighted by Gasteiger charge is -2.01. The van der Waals surface area contributed by atoms with Crippen molar-refractivity contribution in [2.45, 2.75) is 6.42 Å². The molecule has 72 valence electrons. The number of nitrogens with one attached hydrogen (secondary N) is 1. The molecule has 0 atom stereocenters. The number of aromatic amines is 1. The second-order valence-corrected chi connectivity index (χ2v) is 4.05. The first-order valence-electron chi connectivity index (χ1n) is 4.42. The summed E-state index contributed by atoms with van der Waals surface area (Å²) >= 11 is 3.46. The molecule has 0 aliphatic carbocycles. The topological polar surface area (TPSA) is 41.8 Å². The summed E-state index contributed by atoms with van der Waals surface area (Å²) in [5.41, 5.74) is 8.19. The van der Waals surface area contributed by atoms with Crippen LogP contribution in [0.25, 0.3) is 0 Å². The number of aromatic nitrogens is 1. The second kappa shape index (κ2) is 3.88. The Hall–Kier alpha value is -1.22. The van der Waals surface area contributed by atoms with Crippen molar-refractivity contribution in [3.8, 4) is 0 Å². The van der Waals surface area contributed by atoms with E-state index in [1.165, 1.54) is 5.56 Å². The van der Waals surface area contributed by atoms with E-state index >= 15 is 0 Å². The molecule has 14 heavy (non-hydrogen) atoms. The minimum Gasteiger partial charge on any atom is -0.385 e. The molecule has 0 radical (unpaired) electrons. The van der Waals surface area contributed by atoms with Gasteiger partial charge in [-0.2, -0.15) is 0 Å². The van der Waals surface area contributed by atoms with E-state index in [1.807, 2.05) is 24.4 Å². The van der Waals surface area contributed by atoms with E-state index < -0.39 is 0 Å². The molecule has 0 fully saturated rings. The van der Waals surface area contributed by atoms with Crippen LogP contribution in [0.5, 0.6) is 0 Å². The number of halogens is 1. The van der Waals surface area contributed by atoms with E-state index in [1.54, 1.807) is 0 Å². The first kappa shape index (κ1) is 9.34. The molecule has 0 bridgehead atoms. The summed E-state index contributed by atoms with van der Waals surface area (Å²) in [7, 11) is 0. The van der Waals surface area contributed by atoms with E-state index in [9.17, 15) is 0 Å². The Morgan fingerprint density at radius 3 is 2.50 bits per heavy atom. The summed E-state index contributed by atoms with van der Waals surface area (Å²) in [6.07, 6.45) is 2.73. The van der Waals surface area contributed by atoms with Gasteiger partial charge in [-0.15, -0.1) is 0 Å². The van der Waals surface area contributed by atoms with Crippen LogP contribution in [0.1, 0.15) is 11.1 Å². The van der Waals surface area contributed by atoms with Crippen LogP contribution in [0, 0.1) is 0 Å². The van der Waals surface area contributed by atoms with E-state index in [0.717, 1.165) is 22.3 Å². The molecule has 1 heterocycles. The molecular weight excluding hydrogens is 240 g/mol. The lowest BCUT2D eigenvalue weighted by molar-refractivity contribution is 1.19. The van der Waals surface area contributed by atoms with Gasteiger partial charge in [0.25, 0.3) is 0 Å². The molecule has 0 aliphatic rings. The summed E-state index contributed by atoms with van der Waals surface area (Å²) in [5, 5.41) is 0. The van der Waals surface area contributed by atoms with E-state index in [4.69, 9.17) is 5.73 Å². The molecule has 2 nitrogen and oxygen atoms in total. The molecule has 0 amide bonds. The molecule has 0 saturated carbocycles. The van der Waals surface area contributed by atoms with Crippen LogP contribution in [0.4, 0.5) is 5.82 Å². The number of H-pyrrole nitrogens is 1. The molecule has 2 aromatic rings. The van der Waals surface area contributed by atoms with Gasteiger partial charge in [0.15, 0.2) is 0 Å². The average Bonchev–Trinajstić information content (AvgIpc) is 2.51. The largest absolute Gasteiger partial charge is 0.385 e. The highest BCUT2D eigenvalue weighted by molar-refractivity contribution is 9.10. The minimum atomic E-state index is 0.737. The average molecular weight is 251 g/mol. The fourth-order valence-electron chi connectivity index (χ4n) is 1.42. The van der Waals surface area contributed by atoms with Crippen LogP contribution >= 0.6 is 15.9 Å². The Labute approximate surface area is 91.3 Å². The van der Waals surface area contributed by atoms with Gasteiger partial charge in [-0.3, -0.25) is 0 Å². The van der Waals surface area contributed by atoms with Gasteiger partial charge < -0.3 is 10.7 Å². The van der Waals surface area contributed by atoms with Crippen LogP contribution in [0.15, 0.2) is 41.0 Å². The van der Waals surface area contributed by atoms with Gasteiger partial charge in [0, 0.05) is 22.7 Å². The van der Waals surface area contributed by atoms with Gasteiger partial charge in [0.2, 0.25) is 0 Å². The van der Waals surface area contributed by atoms with Crippen molar-refractivity contribution in [1.29, 1.82) is 0 Å². The fourth-order valence-corrected chi connectivity index (χ4v) is 1.89. The highest BCUT2D eigenvalue weighted by Crippen LogP contribution is 2.24. The third-order valence-corrected chi connectivity index (χ3v) is 2.90. The summed E-state index contributed by atoms with van der Waals surface area (Å²) in [6, 6.07) is 10.3. The predicted octanol–water partition coefficient (Wildman–Crippen LogP) is 2.95. The Morgan fingerprint density at radius 2 is 1.93 bits per heavy atom. The summed E-state index contributed by atoms with van der Waals surface area (Å²) in [4.78, 5) is 2.99. The minimum absolute atomic E-state index is 0.737. The molecule has 0 aliphatic heterocycles. The number of hydrogen-bond donors (Lipinski definition) is 2. The summed E-state index contributed by atoms with van der Waals surface area (Å²) < 4.78 is 1.04. The molecule has 0 saturated heterocycles. The third-order valence-electron chi connectivity index (χ3n) is 2.19. The Morgan fingerprint density at radius 1 is 1.21 bits per heavy atom. The number of nitrogens with two attached hydrogens (primary N) is 1. The number of benzene rings is 1. The van der Waals surface area contributed by atoms with Gasteiger partial charge >= 0.3 is 0 Å². The zero-order valence-electron chi connectivity index (χ0n) is 7.63. The van der Waals surface area contributed by atoms with Crippen molar-refractivity contribution in [2.24, 2.45) is 0 Å². The van der Waals surface area contributed by atoms with Gasteiger partial charge in [-0.05, 0) is 21.5 Å². The maximum atomic E-state index is 5.80. The van der Waals surface area contributed by atoms with E-state index in [2.05, 4.69) is 33.0 Å². The zero-order chi connectivity index (χ0) is 9.97. The van der Waals surface area contributed by atoms with Crippen molar-refractivity contribution in [3.63, 3.8) is 0 Å². The van der Waals surface area contributed by atoms with Crippen molar-refractivity contribution >= 4 is 21.7 Å². The van der Waals surface area contributed by atoms with Crippen LogP contribution in [-0.2, 0) is 6.42 Å². The number of rotatable bonds is 2.